The number of rotatable bonds is 8. The first-order chi connectivity index (χ1) is 18.8. The maximum Gasteiger partial charge on any atom is 0.319 e. The van der Waals surface area contributed by atoms with Crippen LogP contribution in [0.1, 0.15) is 31.9 Å². The van der Waals surface area contributed by atoms with Crippen LogP contribution < -0.4 is 14.8 Å². The minimum Gasteiger partial charge on any atom is -0.534 e. The molecule has 200 valence electrons. The van der Waals surface area contributed by atoms with Crippen LogP contribution in [-0.2, 0) is 4.74 Å². The Bertz CT molecular complexity index is 1410. The third-order valence-electron chi connectivity index (χ3n) is 7.13. The molecular weight excluding hydrogens is 515 g/mol. The fourth-order valence-corrected chi connectivity index (χ4v) is 10.6. The molecule has 4 aromatic rings. The molecule has 1 heterocycles. The summed E-state index contributed by atoms with van der Waals surface area (Å²) >= 11 is 1.79. The summed E-state index contributed by atoms with van der Waals surface area (Å²) in [4.78, 5) is 4.54. The highest BCUT2D eigenvalue weighted by molar-refractivity contribution is 7.99. The highest BCUT2D eigenvalue weighted by atomic mass is 32.2. The van der Waals surface area contributed by atoms with Gasteiger partial charge in [0.05, 0.1) is 0 Å². The zero-order valence-corrected chi connectivity index (χ0v) is 25.3. The third-order valence-corrected chi connectivity index (χ3v) is 13.2. The van der Waals surface area contributed by atoms with Gasteiger partial charge in [0.25, 0.3) is 0 Å². The smallest absolute Gasteiger partial charge is 0.319 e. The van der Waals surface area contributed by atoms with Gasteiger partial charge >= 0.3 is 8.32 Å². The Balaban J connectivity index is 1.63. The molecule has 0 aliphatic carbocycles. The van der Waals surface area contributed by atoms with E-state index in [9.17, 15) is 0 Å². The van der Waals surface area contributed by atoms with Crippen molar-refractivity contribution in [2.75, 3.05) is 27.2 Å². The van der Waals surface area contributed by atoms with E-state index in [0.717, 1.165) is 23.6 Å². The predicted octanol–water partition coefficient (Wildman–Crippen LogP) is 7.17. The van der Waals surface area contributed by atoms with Crippen LogP contribution in [0, 0.1) is 0 Å². The molecule has 39 heavy (non-hydrogen) atoms. The Kier molecular flexibility index (Phi) is 8.03. The molecule has 0 saturated heterocycles. The van der Waals surface area contributed by atoms with Crippen molar-refractivity contribution in [2.45, 2.75) is 35.6 Å². The molecular formula is C34H37NO2SSi. The fourth-order valence-electron chi connectivity index (χ4n) is 5.17. The second-order valence-electron chi connectivity index (χ2n) is 11.2. The first kappa shape index (κ1) is 27.3. The molecule has 4 aromatic carbocycles. The summed E-state index contributed by atoms with van der Waals surface area (Å²) in [6.07, 6.45) is 2.18. The second-order valence-corrected chi connectivity index (χ2v) is 16.5. The average molecular weight is 552 g/mol. The van der Waals surface area contributed by atoms with E-state index in [0.29, 0.717) is 6.61 Å². The van der Waals surface area contributed by atoms with Crippen molar-refractivity contribution >= 4 is 42.3 Å². The van der Waals surface area contributed by atoms with Crippen LogP contribution in [0.2, 0.25) is 5.04 Å². The lowest BCUT2D eigenvalue weighted by molar-refractivity contribution is 0.233. The van der Waals surface area contributed by atoms with E-state index < -0.39 is 8.32 Å². The van der Waals surface area contributed by atoms with Gasteiger partial charge < -0.3 is 14.1 Å². The fraction of sp³-hybridized carbons (Fsp3) is 0.235. The maximum atomic E-state index is 7.35. The molecule has 0 N–H and O–H groups in total. The number of hydrogen-bond acceptors (Lipinski definition) is 4. The largest absolute Gasteiger partial charge is 0.534 e. The third kappa shape index (κ3) is 5.71. The van der Waals surface area contributed by atoms with E-state index in [1.54, 1.807) is 11.8 Å². The van der Waals surface area contributed by atoms with Crippen LogP contribution >= 0.6 is 11.8 Å². The van der Waals surface area contributed by atoms with Crippen molar-refractivity contribution in [3.05, 3.63) is 114 Å². The zero-order valence-electron chi connectivity index (χ0n) is 23.5. The number of ether oxygens (including phenoxy) is 1. The van der Waals surface area contributed by atoms with E-state index in [1.165, 1.54) is 25.7 Å². The van der Waals surface area contributed by atoms with E-state index in [4.69, 9.17) is 9.16 Å². The van der Waals surface area contributed by atoms with Crippen LogP contribution in [-0.4, -0.2) is 40.5 Å². The van der Waals surface area contributed by atoms with Gasteiger partial charge in [0.2, 0.25) is 0 Å². The normalized spacial score (nSPS) is 13.2. The molecule has 3 nitrogen and oxygen atoms in total. The molecule has 5 heteroatoms. The summed E-state index contributed by atoms with van der Waals surface area (Å²) in [6.45, 7) is 8.39. The summed E-state index contributed by atoms with van der Waals surface area (Å²) in [7, 11) is 1.39. The molecule has 0 aromatic heterocycles. The molecule has 0 unspecified atom stereocenters. The van der Waals surface area contributed by atoms with Gasteiger partial charge in [-0.1, -0.05) is 111 Å². The zero-order chi connectivity index (χ0) is 27.5. The molecule has 0 spiro atoms. The van der Waals surface area contributed by atoms with Gasteiger partial charge in [0.1, 0.15) is 18.1 Å². The molecule has 0 radical (unpaired) electrons. The second kappa shape index (κ2) is 11.5. The molecule has 0 amide bonds. The van der Waals surface area contributed by atoms with Crippen LogP contribution in [0.5, 0.6) is 5.75 Å². The van der Waals surface area contributed by atoms with Gasteiger partial charge in [-0.15, -0.1) is 0 Å². The molecule has 0 atom stereocenters. The van der Waals surface area contributed by atoms with Crippen molar-refractivity contribution in [1.29, 1.82) is 0 Å². The Labute approximate surface area is 238 Å². The highest BCUT2D eigenvalue weighted by Crippen LogP contribution is 2.44. The molecule has 0 fully saturated rings. The lowest BCUT2D eigenvalue weighted by Gasteiger charge is -2.43. The lowest BCUT2D eigenvalue weighted by atomic mass is 10.1. The summed E-state index contributed by atoms with van der Waals surface area (Å²) < 4.78 is 13.8. The standard InChI is InChI=1S/C34H37NO2SSi/c1-34(2,3)39(28-15-8-6-9-16-28,29-17-10-7-11-18-29)37-27-20-21-33-30(25-27)31(36-23-22-35(4)5)24-26-14-12-13-19-32(26)38-33/h6-21,24-25H,22-23H2,1-5H3. The predicted molar refractivity (Wildman–Crippen MR) is 168 cm³/mol. The Hall–Kier alpha value is -3.25. The SMILES string of the molecule is CN(C)CCOC1=Cc2ccccc2Sc2ccc(O[Si](c3ccccc3)(c3ccccc3)C(C)(C)C)cc21. The van der Waals surface area contributed by atoms with Crippen molar-refractivity contribution in [1.82, 2.24) is 4.90 Å². The monoisotopic (exact) mass is 551 g/mol. The van der Waals surface area contributed by atoms with Gasteiger partial charge in [-0.2, -0.15) is 0 Å². The van der Waals surface area contributed by atoms with E-state index in [2.05, 4.69) is 149 Å². The van der Waals surface area contributed by atoms with Crippen molar-refractivity contribution in [2.24, 2.45) is 0 Å². The van der Waals surface area contributed by atoms with Crippen molar-refractivity contribution < 1.29 is 9.16 Å². The molecule has 1 aliphatic heterocycles. The van der Waals surface area contributed by atoms with Crippen LogP contribution in [0.3, 0.4) is 0 Å². The van der Waals surface area contributed by atoms with Gasteiger partial charge in [-0.3, -0.25) is 0 Å². The summed E-state index contributed by atoms with van der Waals surface area (Å²) in [5, 5.41) is 2.41. The summed E-state index contributed by atoms with van der Waals surface area (Å²) in [5.74, 6) is 1.76. The number of fused-ring (bicyclic) bond motifs is 2. The topological polar surface area (TPSA) is 21.7 Å². The van der Waals surface area contributed by atoms with Crippen molar-refractivity contribution in [3.8, 4) is 5.75 Å². The van der Waals surface area contributed by atoms with Crippen LogP contribution in [0.25, 0.3) is 11.8 Å². The number of hydrogen-bond donors (Lipinski definition) is 0. The number of likely N-dealkylation sites (N-methyl/N-ethyl adjacent to an activating group) is 1. The first-order valence-electron chi connectivity index (χ1n) is 13.5. The highest BCUT2D eigenvalue weighted by Gasteiger charge is 2.52. The minimum atomic E-state index is -2.75. The Morgan fingerprint density at radius 2 is 1.36 bits per heavy atom. The quantitative estimate of drug-likeness (QED) is 0.217. The van der Waals surface area contributed by atoms with E-state index >= 15 is 0 Å². The Morgan fingerprint density at radius 3 is 1.97 bits per heavy atom. The average Bonchev–Trinajstić information content (AvgIpc) is 3.08. The Morgan fingerprint density at radius 1 is 0.744 bits per heavy atom. The lowest BCUT2D eigenvalue weighted by Crippen LogP contribution is -2.68. The van der Waals surface area contributed by atoms with Gasteiger partial charge in [-0.25, -0.2) is 0 Å². The van der Waals surface area contributed by atoms with Crippen molar-refractivity contribution in [3.63, 3.8) is 0 Å². The number of nitrogens with zero attached hydrogens (tertiary/aromatic N) is 1. The molecule has 1 aliphatic rings. The van der Waals surface area contributed by atoms with Crippen LogP contribution in [0.4, 0.5) is 0 Å². The summed E-state index contributed by atoms with van der Waals surface area (Å²) in [5.41, 5.74) is 2.25. The van der Waals surface area contributed by atoms with E-state index in [1.807, 2.05) is 0 Å². The number of benzene rings is 4. The van der Waals surface area contributed by atoms with Gasteiger partial charge in [0.15, 0.2) is 0 Å². The van der Waals surface area contributed by atoms with Crippen LogP contribution in [0.15, 0.2) is 113 Å². The van der Waals surface area contributed by atoms with E-state index in [-0.39, 0.29) is 5.04 Å². The summed E-state index contributed by atoms with van der Waals surface area (Å²) in [6, 6.07) is 36.6. The minimum absolute atomic E-state index is 0.117. The molecule has 5 rings (SSSR count). The van der Waals surface area contributed by atoms with Gasteiger partial charge in [-0.05, 0) is 65.4 Å². The van der Waals surface area contributed by atoms with Gasteiger partial charge in [0, 0.05) is 21.9 Å². The molecule has 0 bridgehead atoms. The molecule has 0 saturated carbocycles. The first-order valence-corrected chi connectivity index (χ1v) is 16.2. The maximum absolute atomic E-state index is 7.35.